The standard InChI is InChI=1S/C16H15N3O3/c1-10-7-8-22-15(10)16(20)17-14-9-12(18-19-14)11-5-3-4-6-13(11)21-2/h3-9H,1-2H3,(H2,17,18,19,20). The van der Waals surface area contributed by atoms with E-state index >= 15 is 0 Å². The number of ether oxygens (including phenoxy) is 1. The van der Waals surface area contributed by atoms with Crippen LogP contribution in [0.2, 0.25) is 0 Å². The Hall–Kier alpha value is -3.02. The van der Waals surface area contributed by atoms with Crippen LogP contribution in [0.4, 0.5) is 5.82 Å². The first-order chi connectivity index (χ1) is 10.7. The van der Waals surface area contributed by atoms with Crippen LogP contribution >= 0.6 is 0 Å². The minimum Gasteiger partial charge on any atom is -0.496 e. The lowest BCUT2D eigenvalue weighted by Gasteiger charge is -2.05. The Morgan fingerprint density at radius 1 is 1.32 bits per heavy atom. The highest BCUT2D eigenvalue weighted by Crippen LogP contribution is 2.29. The number of aryl methyl sites for hydroxylation is 1. The third-order valence-electron chi connectivity index (χ3n) is 3.28. The molecule has 0 aliphatic carbocycles. The fraction of sp³-hybridized carbons (Fsp3) is 0.125. The van der Waals surface area contributed by atoms with Gasteiger partial charge in [0.1, 0.15) is 5.75 Å². The quantitative estimate of drug-likeness (QED) is 0.774. The van der Waals surface area contributed by atoms with Crippen LogP contribution < -0.4 is 10.1 Å². The second kappa shape index (κ2) is 5.77. The number of aromatic amines is 1. The second-order valence-corrected chi connectivity index (χ2v) is 4.75. The van der Waals surface area contributed by atoms with Gasteiger partial charge in [-0.25, -0.2) is 0 Å². The summed E-state index contributed by atoms with van der Waals surface area (Å²) >= 11 is 0. The SMILES string of the molecule is COc1ccccc1-c1cc(NC(=O)c2occc2C)n[nH]1. The molecule has 0 saturated heterocycles. The molecule has 0 atom stereocenters. The van der Waals surface area contributed by atoms with Crippen molar-refractivity contribution in [1.82, 2.24) is 10.2 Å². The van der Waals surface area contributed by atoms with Crippen molar-refractivity contribution in [3.63, 3.8) is 0 Å². The van der Waals surface area contributed by atoms with E-state index in [1.807, 2.05) is 31.2 Å². The number of anilines is 1. The van der Waals surface area contributed by atoms with Crippen LogP contribution in [-0.2, 0) is 0 Å². The molecular weight excluding hydrogens is 282 g/mol. The maximum absolute atomic E-state index is 12.1. The zero-order valence-electron chi connectivity index (χ0n) is 12.2. The van der Waals surface area contributed by atoms with Gasteiger partial charge in [-0.05, 0) is 25.1 Å². The Kier molecular flexibility index (Phi) is 3.65. The Labute approximate surface area is 127 Å². The van der Waals surface area contributed by atoms with Crippen molar-refractivity contribution < 1.29 is 13.9 Å². The zero-order chi connectivity index (χ0) is 15.5. The summed E-state index contributed by atoms with van der Waals surface area (Å²) in [6.45, 7) is 1.81. The molecule has 6 nitrogen and oxygen atoms in total. The molecule has 1 aromatic carbocycles. The average Bonchev–Trinajstić information content (AvgIpc) is 3.16. The van der Waals surface area contributed by atoms with Gasteiger partial charge in [-0.3, -0.25) is 9.89 Å². The maximum atomic E-state index is 12.1. The van der Waals surface area contributed by atoms with Gasteiger partial charge < -0.3 is 14.5 Å². The fourth-order valence-electron chi connectivity index (χ4n) is 2.17. The predicted octanol–water partition coefficient (Wildman–Crippen LogP) is 3.24. The average molecular weight is 297 g/mol. The number of nitrogens with zero attached hydrogens (tertiary/aromatic N) is 1. The fourth-order valence-corrected chi connectivity index (χ4v) is 2.17. The summed E-state index contributed by atoms with van der Waals surface area (Å²) in [5.41, 5.74) is 2.40. The van der Waals surface area contributed by atoms with Gasteiger partial charge in [0.2, 0.25) is 0 Å². The number of carbonyl (C=O) groups excluding carboxylic acids is 1. The number of methoxy groups -OCH3 is 1. The van der Waals surface area contributed by atoms with Crippen LogP contribution in [-0.4, -0.2) is 23.2 Å². The number of benzene rings is 1. The third-order valence-corrected chi connectivity index (χ3v) is 3.28. The van der Waals surface area contributed by atoms with E-state index in [1.54, 1.807) is 19.2 Å². The van der Waals surface area contributed by atoms with E-state index in [1.165, 1.54) is 6.26 Å². The van der Waals surface area contributed by atoms with Crippen molar-refractivity contribution in [3.05, 3.63) is 54.0 Å². The number of hydrogen-bond acceptors (Lipinski definition) is 4. The molecule has 0 fully saturated rings. The number of furan rings is 1. The van der Waals surface area contributed by atoms with E-state index in [4.69, 9.17) is 9.15 Å². The molecule has 1 amide bonds. The lowest BCUT2D eigenvalue weighted by Crippen LogP contribution is -2.12. The summed E-state index contributed by atoms with van der Waals surface area (Å²) in [4.78, 5) is 12.1. The predicted molar refractivity (Wildman–Crippen MR) is 82.0 cm³/mol. The molecule has 2 heterocycles. The van der Waals surface area contributed by atoms with Crippen LogP contribution in [0.15, 0.2) is 47.1 Å². The Bertz CT molecular complexity index is 804. The van der Waals surface area contributed by atoms with Crippen LogP contribution in [0.25, 0.3) is 11.3 Å². The van der Waals surface area contributed by atoms with Gasteiger partial charge in [0.05, 0.1) is 19.1 Å². The van der Waals surface area contributed by atoms with Crippen LogP contribution in [0.1, 0.15) is 16.1 Å². The normalized spacial score (nSPS) is 10.5. The first kappa shape index (κ1) is 13.9. The molecule has 2 N–H and O–H groups in total. The lowest BCUT2D eigenvalue weighted by molar-refractivity contribution is 0.0995. The van der Waals surface area contributed by atoms with E-state index in [2.05, 4.69) is 15.5 Å². The van der Waals surface area contributed by atoms with Crippen LogP contribution in [0.5, 0.6) is 5.75 Å². The molecule has 2 aromatic heterocycles. The molecular formula is C16H15N3O3. The summed E-state index contributed by atoms with van der Waals surface area (Å²) in [6.07, 6.45) is 1.48. The number of hydrogen-bond donors (Lipinski definition) is 2. The van der Waals surface area contributed by atoms with E-state index in [-0.39, 0.29) is 11.7 Å². The molecule has 0 aliphatic heterocycles. The van der Waals surface area contributed by atoms with Gasteiger partial charge in [-0.2, -0.15) is 5.10 Å². The van der Waals surface area contributed by atoms with Crippen LogP contribution in [0, 0.1) is 6.92 Å². The minimum atomic E-state index is -0.333. The van der Waals surface area contributed by atoms with Crippen molar-refractivity contribution in [2.75, 3.05) is 12.4 Å². The van der Waals surface area contributed by atoms with E-state index < -0.39 is 0 Å². The van der Waals surface area contributed by atoms with Gasteiger partial charge >= 0.3 is 0 Å². The van der Waals surface area contributed by atoms with Gasteiger partial charge in [-0.15, -0.1) is 0 Å². The van der Waals surface area contributed by atoms with E-state index in [0.717, 1.165) is 22.6 Å². The second-order valence-electron chi connectivity index (χ2n) is 4.75. The summed E-state index contributed by atoms with van der Waals surface area (Å²) in [6, 6.07) is 11.0. The van der Waals surface area contributed by atoms with Gasteiger partial charge in [0.15, 0.2) is 11.6 Å². The molecule has 22 heavy (non-hydrogen) atoms. The molecule has 0 spiro atoms. The van der Waals surface area contributed by atoms with Gasteiger partial charge in [0.25, 0.3) is 5.91 Å². The largest absolute Gasteiger partial charge is 0.496 e. The first-order valence-corrected chi connectivity index (χ1v) is 6.73. The Morgan fingerprint density at radius 3 is 2.86 bits per heavy atom. The maximum Gasteiger partial charge on any atom is 0.292 e. The molecule has 0 aliphatic rings. The third kappa shape index (κ3) is 2.58. The molecule has 3 rings (SSSR count). The van der Waals surface area contributed by atoms with Crippen molar-refractivity contribution in [2.24, 2.45) is 0 Å². The number of rotatable bonds is 4. The summed E-state index contributed by atoms with van der Waals surface area (Å²) in [7, 11) is 1.61. The highest BCUT2D eigenvalue weighted by Gasteiger charge is 2.15. The topological polar surface area (TPSA) is 80.2 Å². The number of aromatic nitrogens is 2. The Balaban J connectivity index is 1.82. The molecule has 6 heteroatoms. The van der Waals surface area contributed by atoms with Crippen molar-refractivity contribution in [1.29, 1.82) is 0 Å². The minimum absolute atomic E-state index is 0.279. The molecule has 0 radical (unpaired) electrons. The monoisotopic (exact) mass is 297 g/mol. The highest BCUT2D eigenvalue weighted by atomic mass is 16.5. The molecule has 3 aromatic rings. The number of carbonyl (C=O) groups is 1. The van der Waals surface area contributed by atoms with Gasteiger partial charge in [0, 0.05) is 17.2 Å². The number of para-hydroxylation sites is 1. The van der Waals surface area contributed by atoms with Crippen molar-refractivity contribution in [2.45, 2.75) is 6.92 Å². The first-order valence-electron chi connectivity index (χ1n) is 6.73. The van der Waals surface area contributed by atoms with Crippen LogP contribution in [0.3, 0.4) is 0 Å². The lowest BCUT2D eigenvalue weighted by atomic mass is 10.1. The summed E-state index contributed by atoms with van der Waals surface area (Å²) < 4.78 is 10.5. The smallest absolute Gasteiger partial charge is 0.292 e. The molecule has 112 valence electrons. The van der Waals surface area contributed by atoms with Crippen molar-refractivity contribution >= 4 is 11.7 Å². The van der Waals surface area contributed by atoms with Gasteiger partial charge in [-0.1, -0.05) is 12.1 Å². The highest BCUT2D eigenvalue weighted by molar-refractivity contribution is 6.02. The van der Waals surface area contributed by atoms with E-state index in [9.17, 15) is 4.79 Å². The summed E-state index contributed by atoms with van der Waals surface area (Å²) in [5.74, 6) is 1.09. The van der Waals surface area contributed by atoms with Crippen molar-refractivity contribution in [3.8, 4) is 17.0 Å². The molecule has 0 saturated carbocycles. The number of H-pyrrole nitrogens is 1. The number of nitrogens with one attached hydrogen (secondary N) is 2. The number of amides is 1. The summed E-state index contributed by atoms with van der Waals surface area (Å²) in [5, 5.41) is 9.68. The molecule has 0 bridgehead atoms. The Morgan fingerprint density at radius 2 is 2.14 bits per heavy atom. The zero-order valence-corrected chi connectivity index (χ0v) is 12.2. The van der Waals surface area contributed by atoms with E-state index in [0.29, 0.717) is 5.82 Å². The molecule has 0 unspecified atom stereocenters.